The minimum Gasteiger partial charge on any atom is -0.493 e. The number of fused-ring (bicyclic) bond motifs is 1. The summed E-state index contributed by atoms with van der Waals surface area (Å²) in [6, 6.07) is 13.4. The van der Waals surface area contributed by atoms with Crippen LogP contribution >= 0.6 is 11.8 Å². The lowest BCUT2D eigenvalue weighted by Gasteiger charge is -2.29. The summed E-state index contributed by atoms with van der Waals surface area (Å²) in [6.07, 6.45) is 2.15. The molecule has 3 aliphatic heterocycles. The van der Waals surface area contributed by atoms with Crippen LogP contribution in [0.3, 0.4) is 0 Å². The smallest absolute Gasteiger partial charge is 0.264 e. The van der Waals surface area contributed by atoms with Crippen molar-refractivity contribution in [3.63, 3.8) is 0 Å². The van der Waals surface area contributed by atoms with E-state index in [-0.39, 0.29) is 23.9 Å². The average molecular weight is 482 g/mol. The molecule has 2 atom stereocenters. The summed E-state index contributed by atoms with van der Waals surface area (Å²) < 4.78 is 10.8. The van der Waals surface area contributed by atoms with Crippen molar-refractivity contribution in [2.75, 3.05) is 25.7 Å². The number of methoxy groups -OCH3 is 2. The van der Waals surface area contributed by atoms with Crippen molar-refractivity contribution in [1.82, 2.24) is 15.9 Å². The van der Waals surface area contributed by atoms with Crippen molar-refractivity contribution >= 4 is 34.4 Å². The molecular weight excluding hydrogens is 454 g/mol. The number of carbonyl (C=O) groups excluding carboxylic acids is 2. The normalized spacial score (nSPS) is 21.9. The van der Waals surface area contributed by atoms with E-state index in [0.717, 1.165) is 29.8 Å². The summed E-state index contributed by atoms with van der Waals surface area (Å²) in [5, 5.41) is 6.87. The van der Waals surface area contributed by atoms with Gasteiger partial charge in [-0.15, -0.1) is 5.10 Å². The molecule has 10 heteroatoms. The predicted molar refractivity (Wildman–Crippen MR) is 131 cm³/mol. The topological polar surface area (TPSA) is 95.5 Å². The Hall–Kier alpha value is -3.24. The van der Waals surface area contributed by atoms with Crippen LogP contribution in [0.5, 0.6) is 11.5 Å². The molecule has 34 heavy (non-hydrogen) atoms. The molecule has 3 aliphatic rings. The number of hydrazone groups is 1. The molecule has 9 nitrogen and oxygen atoms in total. The fraction of sp³-hybridized carbons (Fsp3) is 0.375. The Kier molecular flexibility index (Phi) is 6.34. The minimum absolute atomic E-state index is 0.0586. The SMILES string of the molecule is COc1ccc(C2CC3C(=O)NN=C(SCc4ccc(N5CCCC5=O)cc4)N3N2)cc1OC. The number of nitrogens with one attached hydrogen (secondary N) is 2. The van der Waals surface area contributed by atoms with Gasteiger partial charge in [0, 0.05) is 24.4 Å². The maximum Gasteiger partial charge on any atom is 0.264 e. The van der Waals surface area contributed by atoms with Crippen LogP contribution in [0.2, 0.25) is 0 Å². The number of amidine groups is 1. The molecule has 2 N–H and O–H groups in total. The van der Waals surface area contributed by atoms with E-state index in [1.165, 1.54) is 0 Å². The van der Waals surface area contributed by atoms with Gasteiger partial charge in [0.1, 0.15) is 6.04 Å². The third kappa shape index (κ3) is 4.30. The van der Waals surface area contributed by atoms with Crippen LogP contribution in [0.15, 0.2) is 47.6 Å². The first-order valence-electron chi connectivity index (χ1n) is 11.2. The Morgan fingerprint density at radius 2 is 1.88 bits per heavy atom. The van der Waals surface area contributed by atoms with Gasteiger partial charge in [0.05, 0.1) is 20.3 Å². The Balaban J connectivity index is 1.26. The third-order valence-corrected chi connectivity index (χ3v) is 7.36. The first kappa shape index (κ1) is 22.5. The molecule has 0 aliphatic carbocycles. The van der Waals surface area contributed by atoms with Gasteiger partial charge >= 0.3 is 0 Å². The Morgan fingerprint density at radius 1 is 1.09 bits per heavy atom. The van der Waals surface area contributed by atoms with E-state index >= 15 is 0 Å². The molecule has 2 fully saturated rings. The highest BCUT2D eigenvalue weighted by Gasteiger charge is 2.42. The van der Waals surface area contributed by atoms with Crippen LogP contribution in [0.1, 0.15) is 36.4 Å². The van der Waals surface area contributed by atoms with E-state index in [4.69, 9.17) is 9.47 Å². The number of hydrogen-bond donors (Lipinski definition) is 2. The Bertz CT molecular complexity index is 1120. The van der Waals surface area contributed by atoms with Crippen molar-refractivity contribution < 1.29 is 19.1 Å². The van der Waals surface area contributed by atoms with Gasteiger partial charge in [-0.2, -0.15) is 0 Å². The van der Waals surface area contributed by atoms with E-state index in [1.54, 1.807) is 26.0 Å². The zero-order chi connectivity index (χ0) is 23.7. The first-order valence-corrected chi connectivity index (χ1v) is 12.2. The number of ether oxygens (including phenoxy) is 2. The maximum absolute atomic E-state index is 12.5. The molecular formula is C24H27N5O4S. The molecule has 3 heterocycles. The predicted octanol–water partition coefficient (Wildman–Crippen LogP) is 2.78. The van der Waals surface area contributed by atoms with Crippen LogP contribution in [0.25, 0.3) is 0 Å². The number of hydrogen-bond acceptors (Lipinski definition) is 8. The van der Waals surface area contributed by atoms with Gasteiger partial charge in [0.15, 0.2) is 16.7 Å². The van der Waals surface area contributed by atoms with E-state index in [9.17, 15) is 9.59 Å². The number of carbonyl (C=O) groups is 2. The van der Waals surface area contributed by atoms with Crippen molar-refractivity contribution in [3.8, 4) is 11.5 Å². The van der Waals surface area contributed by atoms with E-state index < -0.39 is 0 Å². The Morgan fingerprint density at radius 3 is 2.59 bits per heavy atom. The molecule has 2 aromatic carbocycles. The van der Waals surface area contributed by atoms with Crippen LogP contribution in [0.4, 0.5) is 5.69 Å². The maximum atomic E-state index is 12.5. The monoisotopic (exact) mass is 481 g/mol. The summed E-state index contributed by atoms with van der Waals surface area (Å²) in [7, 11) is 3.22. The van der Waals surface area contributed by atoms with Crippen LogP contribution in [-0.2, 0) is 15.3 Å². The summed E-state index contributed by atoms with van der Waals surface area (Å²) in [6.45, 7) is 0.784. The standard InChI is InChI=1S/C24H27N5O4S/c1-32-20-10-7-16(12-21(20)33-2)18-13-19-23(31)25-26-24(29(19)27-18)34-14-15-5-8-17(9-6-15)28-11-3-4-22(28)30/h5-10,12,18-19,27H,3-4,11,13-14H2,1-2H3,(H,25,31). The van der Waals surface area contributed by atoms with Crippen LogP contribution < -0.4 is 25.2 Å². The molecule has 2 aromatic rings. The summed E-state index contributed by atoms with van der Waals surface area (Å²) in [5.74, 6) is 2.06. The average Bonchev–Trinajstić information content (AvgIpc) is 3.51. The number of benzene rings is 2. The molecule has 2 saturated heterocycles. The molecule has 0 bridgehead atoms. The zero-order valence-corrected chi connectivity index (χ0v) is 19.9. The van der Waals surface area contributed by atoms with Gasteiger partial charge in [0.25, 0.3) is 5.91 Å². The lowest BCUT2D eigenvalue weighted by molar-refractivity contribution is -0.125. The largest absolute Gasteiger partial charge is 0.493 e. The molecule has 5 rings (SSSR count). The summed E-state index contributed by atoms with van der Waals surface area (Å²) >= 11 is 1.55. The summed E-state index contributed by atoms with van der Waals surface area (Å²) in [4.78, 5) is 26.3. The van der Waals surface area contributed by atoms with Gasteiger partial charge in [0.2, 0.25) is 5.91 Å². The number of hydrazine groups is 1. The fourth-order valence-corrected chi connectivity index (χ4v) is 5.42. The lowest BCUT2D eigenvalue weighted by atomic mass is 10.0. The number of rotatable bonds is 6. The van der Waals surface area contributed by atoms with Crippen molar-refractivity contribution in [2.45, 2.75) is 37.1 Å². The van der Waals surface area contributed by atoms with Crippen LogP contribution in [0, 0.1) is 0 Å². The highest BCUT2D eigenvalue weighted by molar-refractivity contribution is 8.13. The molecule has 0 saturated carbocycles. The van der Waals surface area contributed by atoms with Gasteiger partial charge < -0.3 is 14.4 Å². The highest BCUT2D eigenvalue weighted by Crippen LogP contribution is 2.36. The fourth-order valence-electron chi connectivity index (χ4n) is 4.51. The Labute approximate surface area is 202 Å². The molecule has 0 spiro atoms. The van der Waals surface area contributed by atoms with E-state index in [2.05, 4.69) is 16.0 Å². The van der Waals surface area contributed by atoms with Gasteiger partial charge in [-0.3, -0.25) is 14.6 Å². The number of nitrogens with zero attached hydrogens (tertiary/aromatic N) is 3. The molecule has 0 aromatic heterocycles. The molecule has 2 unspecified atom stereocenters. The van der Waals surface area contributed by atoms with Gasteiger partial charge in [-0.05, 0) is 48.2 Å². The number of thioether (sulfide) groups is 1. The van der Waals surface area contributed by atoms with Gasteiger partial charge in [-0.25, -0.2) is 10.9 Å². The van der Waals surface area contributed by atoms with Gasteiger partial charge in [-0.1, -0.05) is 30.0 Å². The highest BCUT2D eigenvalue weighted by atomic mass is 32.2. The van der Waals surface area contributed by atoms with Crippen molar-refractivity contribution in [3.05, 3.63) is 53.6 Å². The second kappa shape index (κ2) is 9.55. The second-order valence-corrected chi connectivity index (χ2v) is 9.33. The lowest BCUT2D eigenvalue weighted by Crippen LogP contribution is -2.52. The summed E-state index contributed by atoms with van der Waals surface area (Å²) in [5.41, 5.74) is 9.18. The molecule has 178 valence electrons. The first-order chi connectivity index (χ1) is 16.6. The van der Waals surface area contributed by atoms with Crippen molar-refractivity contribution in [1.29, 1.82) is 0 Å². The molecule has 2 amide bonds. The third-order valence-electron chi connectivity index (χ3n) is 6.34. The van der Waals surface area contributed by atoms with E-state index in [1.807, 2.05) is 52.4 Å². The van der Waals surface area contributed by atoms with Crippen molar-refractivity contribution in [2.24, 2.45) is 5.10 Å². The quantitative estimate of drug-likeness (QED) is 0.655. The number of amides is 2. The second-order valence-electron chi connectivity index (χ2n) is 8.39. The minimum atomic E-state index is -0.346. The molecule has 0 radical (unpaired) electrons. The number of anilines is 1. The zero-order valence-electron chi connectivity index (χ0n) is 19.1. The van der Waals surface area contributed by atoms with E-state index in [0.29, 0.717) is 35.3 Å². The van der Waals surface area contributed by atoms with Crippen LogP contribution in [-0.4, -0.2) is 48.8 Å².